The maximum absolute atomic E-state index is 5.42. The van der Waals surface area contributed by atoms with Crippen molar-refractivity contribution < 1.29 is 4.43 Å². The molecule has 0 amide bonds. The van der Waals surface area contributed by atoms with E-state index in [-0.39, 0.29) is 5.41 Å². The Kier molecular flexibility index (Phi) is 3.44. The molecule has 0 heterocycles. The third-order valence-electron chi connectivity index (χ3n) is 0.694. The third-order valence-corrected chi connectivity index (χ3v) is 1.37. The minimum atomic E-state index is -0.826. The zero-order valence-corrected chi connectivity index (χ0v) is 8.22. The van der Waals surface area contributed by atoms with Gasteiger partial charge < -0.3 is 4.43 Å². The molecule has 0 saturated carbocycles. The van der Waals surface area contributed by atoms with Crippen LogP contribution in [0, 0.1) is 12.0 Å². The molecule has 9 heavy (non-hydrogen) atoms. The summed E-state index contributed by atoms with van der Waals surface area (Å²) in [5.41, 5.74) is 0.220. The fourth-order valence-electron chi connectivity index (χ4n) is 0.340. The van der Waals surface area contributed by atoms with E-state index in [1.165, 1.54) is 0 Å². The standard InChI is InChI=1S/C7H17OSi/c1-7(2,3)6-8-9(4)5/h6,9H,1-5H3. The molecule has 0 N–H and O–H groups in total. The molecule has 1 radical (unpaired) electrons. The zero-order valence-electron chi connectivity index (χ0n) is 7.06. The predicted molar refractivity (Wildman–Crippen MR) is 43.7 cm³/mol. The SMILES string of the molecule is C[SiH](C)O[CH]C(C)(C)C. The first kappa shape index (κ1) is 9.18. The van der Waals surface area contributed by atoms with Crippen molar-refractivity contribution in [3.05, 3.63) is 6.61 Å². The van der Waals surface area contributed by atoms with Crippen molar-refractivity contribution in [1.82, 2.24) is 0 Å². The van der Waals surface area contributed by atoms with E-state index in [1.54, 1.807) is 0 Å². The van der Waals surface area contributed by atoms with E-state index in [2.05, 4.69) is 33.9 Å². The Balaban J connectivity index is 3.28. The molecule has 0 fully saturated rings. The number of hydrogen-bond acceptors (Lipinski definition) is 1. The first-order chi connectivity index (χ1) is 3.92. The van der Waals surface area contributed by atoms with Gasteiger partial charge in [-0.3, -0.25) is 0 Å². The van der Waals surface area contributed by atoms with Crippen molar-refractivity contribution in [2.24, 2.45) is 5.41 Å². The van der Waals surface area contributed by atoms with Crippen molar-refractivity contribution in [1.29, 1.82) is 0 Å². The van der Waals surface area contributed by atoms with Crippen molar-refractivity contribution in [3.8, 4) is 0 Å². The van der Waals surface area contributed by atoms with Crippen LogP contribution in [-0.4, -0.2) is 9.04 Å². The summed E-state index contributed by atoms with van der Waals surface area (Å²) in [7, 11) is -0.826. The molecule has 0 aliphatic rings. The molecule has 0 saturated heterocycles. The molecule has 55 valence electrons. The van der Waals surface area contributed by atoms with Gasteiger partial charge in [-0.2, -0.15) is 0 Å². The maximum atomic E-state index is 5.42. The molecule has 1 nitrogen and oxygen atoms in total. The second-order valence-corrected chi connectivity index (χ2v) is 6.04. The normalized spacial score (nSPS) is 12.7. The van der Waals surface area contributed by atoms with Crippen LogP contribution in [0.25, 0.3) is 0 Å². The third kappa shape index (κ3) is 8.18. The van der Waals surface area contributed by atoms with Gasteiger partial charge in [-0.05, 0) is 18.5 Å². The van der Waals surface area contributed by atoms with Crippen LogP contribution in [0.2, 0.25) is 13.1 Å². The van der Waals surface area contributed by atoms with Gasteiger partial charge in [0.1, 0.15) is 0 Å². The summed E-state index contributed by atoms with van der Waals surface area (Å²) in [5.74, 6) is 0. The van der Waals surface area contributed by atoms with Crippen LogP contribution in [0.15, 0.2) is 0 Å². The van der Waals surface area contributed by atoms with Crippen LogP contribution in [0.1, 0.15) is 20.8 Å². The van der Waals surface area contributed by atoms with Crippen LogP contribution in [0.4, 0.5) is 0 Å². The molecule has 0 spiro atoms. The van der Waals surface area contributed by atoms with Gasteiger partial charge in [-0.1, -0.05) is 20.8 Å². The lowest BCUT2D eigenvalue weighted by Gasteiger charge is -2.18. The van der Waals surface area contributed by atoms with Crippen LogP contribution in [0.5, 0.6) is 0 Å². The van der Waals surface area contributed by atoms with E-state index >= 15 is 0 Å². The summed E-state index contributed by atoms with van der Waals surface area (Å²) < 4.78 is 5.42. The van der Waals surface area contributed by atoms with E-state index in [0.717, 1.165) is 0 Å². The van der Waals surface area contributed by atoms with Crippen LogP contribution < -0.4 is 0 Å². The average Bonchev–Trinajstić information content (AvgIpc) is 1.59. The summed E-state index contributed by atoms with van der Waals surface area (Å²) >= 11 is 0. The van der Waals surface area contributed by atoms with Gasteiger partial charge in [0.2, 0.25) is 0 Å². The summed E-state index contributed by atoms with van der Waals surface area (Å²) in [5, 5.41) is 0. The lowest BCUT2D eigenvalue weighted by Crippen LogP contribution is -2.14. The Hall–Kier alpha value is 0.177. The van der Waals surface area contributed by atoms with E-state index in [4.69, 9.17) is 4.43 Å². The van der Waals surface area contributed by atoms with E-state index in [0.29, 0.717) is 0 Å². The molecule has 0 aromatic carbocycles. The quantitative estimate of drug-likeness (QED) is 0.541. The van der Waals surface area contributed by atoms with E-state index in [9.17, 15) is 0 Å². The number of rotatable bonds is 2. The molecule has 0 aliphatic carbocycles. The van der Waals surface area contributed by atoms with Crippen molar-refractivity contribution in [2.45, 2.75) is 33.9 Å². The fraction of sp³-hybridized carbons (Fsp3) is 0.857. The Bertz CT molecular complexity index is 73.5. The van der Waals surface area contributed by atoms with Gasteiger partial charge >= 0.3 is 0 Å². The topological polar surface area (TPSA) is 9.23 Å². The van der Waals surface area contributed by atoms with Crippen molar-refractivity contribution in [2.75, 3.05) is 0 Å². The highest BCUT2D eigenvalue weighted by Gasteiger charge is 2.11. The summed E-state index contributed by atoms with van der Waals surface area (Å²) in [4.78, 5) is 0. The van der Waals surface area contributed by atoms with Crippen LogP contribution in [0.3, 0.4) is 0 Å². The molecular formula is C7H17OSi. The molecular weight excluding hydrogens is 128 g/mol. The minimum Gasteiger partial charge on any atom is -0.415 e. The molecule has 0 aromatic heterocycles. The Morgan fingerprint density at radius 3 is 1.78 bits per heavy atom. The first-order valence-corrected chi connectivity index (χ1v) is 6.20. The number of hydrogen-bond donors (Lipinski definition) is 0. The van der Waals surface area contributed by atoms with Gasteiger partial charge in [0.15, 0.2) is 9.04 Å². The van der Waals surface area contributed by atoms with Gasteiger partial charge in [0.25, 0.3) is 0 Å². The first-order valence-electron chi connectivity index (χ1n) is 3.41. The van der Waals surface area contributed by atoms with Gasteiger partial charge in [0.05, 0.1) is 6.61 Å². The summed E-state index contributed by atoms with van der Waals surface area (Å²) in [6.07, 6.45) is 0. The smallest absolute Gasteiger partial charge is 0.171 e. The van der Waals surface area contributed by atoms with Crippen molar-refractivity contribution >= 4 is 9.04 Å². The maximum Gasteiger partial charge on any atom is 0.171 e. The molecule has 0 aliphatic heterocycles. The lowest BCUT2D eigenvalue weighted by atomic mass is 9.99. The molecule has 0 unspecified atom stereocenters. The lowest BCUT2D eigenvalue weighted by molar-refractivity contribution is 0.284. The molecule has 2 heteroatoms. The molecule has 0 rings (SSSR count). The predicted octanol–water partition coefficient (Wildman–Crippen LogP) is 2.19. The highest BCUT2D eigenvalue weighted by molar-refractivity contribution is 6.48. The summed E-state index contributed by atoms with van der Waals surface area (Å²) in [6.45, 7) is 12.7. The second kappa shape index (κ2) is 3.37. The second-order valence-electron chi connectivity index (χ2n) is 3.67. The van der Waals surface area contributed by atoms with Gasteiger partial charge in [0, 0.05) is 0 Å². The largest absolute Gasteiger partial charge is 0.415 e. The van der Waals surface area contributed by atoms with E-state index in [1.807, 2.05) is 6.61 Å². The average molecular weight is 145 g/mol. The molecule has 0 aromatic rings. The fourth-order valence-corrected chi connectivity index (χ4v) is 1.02. The zero-order chi connectivity index (χ0) is 7.49. The Labute approximate surface area is 60.1 Å². The summed E-state index contributed by atoms with van der Waals surface area (Å²) in [6, 6.07) is 0. The highest BCUT2D eigenvalue weighted by atomic mass is 28.3. The van der Waals surface area contributed by atoms with Crippen molar-refractivity contribution in [3.63, 3.8) is 0 Å². The van der Waals surface area contributed by atoms with Crippen LogP contribution >= 0.6 is 0 Å². The molecule has 0 atom stereocenters. The van der Waals surface area contributed by atoms with E-state index < -0.39 is 9.04 Å². The Morgan fingerprint density at radius 1 is 1.22 bits per heavy atom. The Morgan fingerprint density at radius 2 is 1.67 bits per heavy atom. The van der Waals surface area contributed by atoms with Gasteiger partial charge in [-0.25, -0.2) is 0 Å². The highest BCUT2D eigenvalue weighted by Crippen LogP contribution is 2.17. The minimum absolute atomic E-state index is 0.220. The monoisotopic (exact) mass is 145 g/mol. The molecule has 0 bridgehead atoms. The van der Waals surface area contributed by atoms with Crippen LogP contribution in [-0.2, 0) is 4.43 Å². The van der Waals surface area contributed by atoms with Gasteiger partial charge in [-0.15, -0.1) is 0 Å².